The third kappa shape index (κ3) is 3.33. The van der Waals surface area contributed by atoms with E-state index >= 15 is 0 Å². The van der Waals surface area contributed by atoms with Crippen LogP contribution in [0.15, 0.2) is 39.8 Å². The van der Waals surface area contributed by atoms with Gasteiger partial charge in [0.2, 0.25) is 0 Å². The van der Waals surface area contributed by atoms with Crippen LogP contribution in [0.2, 0.25) is 0 Å². The zero-order chi connectivity index (χ0) is 16.5. The Hall–Kier alpha value is -1.80. The molecule has 0 aliphatic carbocycles. The predicted octanol–water partition coefficient (Wildman–Crippen LogP) is 2.68. The average molecular weight is 387 g/mol. The Kier molecular flexibility index (Phi) is 4.62. The lowest BCUT2D eigenvalue weighted by atomic mass is 10.2. The van der Waals surface area contributed by atoms with E-state index in [9.17, 15) is 13.2 Å². The fourth-order valence-corrected chi connectivity index (χ4v) is 3.28. The number of carbonyl (C=O) groups excluding carboxylic acids is 1. The monoisotopic (exact) mass is 386 g/mol. The smallest absolute Gasteiger partial charge is 0.354 e. The number of aryl methyl sites for hydroxylation is 2. The summed E-state index contributed by atoms with van der Waals surface area (Å²) in [6, 6.07) is 6.41. The minimum absolute atomic E-state index is 0.00373. The van der Waals surface area contributed by atoms with E-state index in [1.807, 2.05) is 6.92 Å². The van der Waals surface area contributed by atoms with E-state index in [-0.39, 0.29) is 10.6 Å². The van der Waals surface area contributed by atoms with Gasteiger partial charge in [0.15, 0.2) is 0 Å². The number of hydrogen-bond acceptors (Lipinski definition) is 4. The Morgan fingerprint density at radius 1 is 1.32 bits per heavy atom. The number of sulfonamides is 1. The molecule has 0 aliphatic heterocycles. The molecule has 2 aromatic rings. The number of ether oxygens (including phenoxy) is 1. The minimum Gasteiger partial charge on any atom is -0.464 e. The molecule has 0 unspecified atom stereocenters. The van der Waals surface area contributed by atoms with Gasteiger partial charge in [-0.3, -0.25) is 4.72 Å². The molecule has 1 aromatic heterocycles. The second kappa shape index (κ2) is 6.13. The van der Waals surface area contributed by atoms with Crippen molar-refractivity contribution in [3.05, 3.63) is 46.2 Å². The molecule has 118 valence electrons. The highest BCUT2D eigenvalue weighted by Gasteiger charge is 2.21. The molecular weight excluding hydrogens is 372 g/mol. The van der Waals surface area contributed by atoms with Crippen LogP contribution in [0.4, 0.5) is 5.69 Å². The van der Waals surface area contributed by atoms with Gasteiger partial charge in [-0.15, -0.1) is 0 Å². The van der Waals surface area contributed by atoms with Crippen molar-refractivity contribution in [3.63, 3.8) is 0 Å². The summed E-state index contributed by atoms with van der Waals surface area (Å²) in [5.74, 6) is -0.594. The zero-order valence-electron chi connectivity index (χ0n) is 12.3. The van der Waals surface area contributed by atoms with Gasteiger partial charge in [0.05, 0.1) is 7.11 Å². The van der Waals surface area contributed by atoms with Crippen LogP contribution in [0.25, 0.3) is 0 Å². The number of rotatable bonds is 4. The van der Waals surface area contributed by atoms with Crippen molar-refractivity contribution in [2.75, 3.05) is 11.8 Å². The molecule has 0 radical (unpaired) electrons. The molecule has 1 N–H and O–H groups in total. The summed E-state index contributed by atoms with van der Waals surface area (Å²) in [7, 11) is -0.959. The van der Waals surface area contributed by atoms with Crippen LogP contribution < -0.4 is 4.72 Å². The van der Waals surface area contributed by atoms with Crippen LogP contribution in [0.5, 0.6) is 0 Å². The first-order valence-electron chi connectivity index (χ1n) is 6.28. The highest BCUT2D eigenvalue weighted by Crippen LogP contribution is 2.23. The highest BCUT2D eigenvalue weighted by atomic mass is 79.9. The Morgan fingerprint density at radius 2 is 2.00 bits per heavy atom. The Balaban J connectivity index is 2.34. The summed E-state index contributed by atoms with van der Waals surface area (Å²) in [6.07, 6.45) is 1.36. The van der Waals surface area contributed by atoms with Crippen LogP contribution in [0.1, 0.15) is 16.1 Å². The van der Waals surface area contributed by atoms with Gasteiger partial charge in [-0.2, -0.15) is 0 Å². The fourth-order valence-electron chi connectivity index (χ4n) is 1.91. The zero-order valence-corrected chi connectivity index (χ0v) is 14.7. The van der Waals surface area contributed by atoms with Gasteiger partial charge in [-0.1, -0.05) is 15.9 Å². The number of methoxy groups -OCH3 is 1. The molecule has 0 aliphatic rings. The summed E-state index contributed by atoms with van der Waals surface area (Å²) in [6.45, 7) is 1.86. The molecule has 2 rings (SSSR count). The predicted molar refractivity (Wildman–Crippen MR) is 86.4 cm³/mol. The second-order valence-electron chi connectivity index (χ2n) is 4.73. The summed E-state index contributed by atoms with van der Waals surface area (Å²) in [5, 5.41) is 0. The Bertz CT molecular complexity index is 827. The van der Waals surface area contributed by atoms with Crippen molar-refractivity contribution in [1.82, 2.24) is 4.57 Å². The third-order valence-electron chi connectivity index (χ3n) is 3.09. The summed E-state index contributed by atoms with van der Waals surface area (Å²) in [4.78, 5) is 11.5. The molecule has 0 saturated carbocycles. The van der Waals surface area contributed by atoms with Gasteiger partial charge in [0.1, 0.15) is 10.6 Å². The first-order valence-corrected chi connectivity index (χ1v) is 8.56. The minimum atomic E-state index is -3.78. The molecule has 6 nitrogen and oxygen atoms in total. The number of nitrogens with zero attached hydrogens (tertiary/aromatic N) is 1. The molecule has 0 atom stereocenters. The van der Waals surface area contributed by atoms with Gasteiger partial charge in [-0.05, 0) is 36.8 Å². The Morgan fingerprint density at radius 3 is 2.59 bits per heavy atom. The number of benzene rings is 1. The van der Waals surface area contributed by atoms with Gasteiger partial charge in [-0.25, -0.2) is 13.2 Å². The first-order chi connectivity index (χ1) is 10.2. The number of esters is 1. The average Bonchev–Trinajstić information content (AvgIpc) is 2.85. The molecule has 0 fully saturated rings. The number of halogens is 1. The van der Waals surface area contributed by atoms with E-state index in [0.29, 0.717) is 5.69 Å². The normalized spacial score (nSPS) is 11.3. The SMILES string of the molecule is COC(=O)c1cc(S(=O)(=O)Nc2ccc(Br)c(C)c2)cn1C. The van der Waals surface area contributed by atoms with Crippen LogP contribution in [-0.2, 0) is 21.8 Å². The van der Waals surface area contributed by atoms with Crippen LogP contribution in [-0.4, -0.2) is 26.1 Å². The largest absolute Gasteiger partial charge is 0.464 e. The van der Waals surface area contributed by atoms with Gasteiger partial charge in [0, 0.05) is 23.4 Å². The Labute approximate surface area is 137 Å². The summed E-state index contributed by atoms with van der Waals surface area (Å²) in [5.41, 5.74) is 1.52. The topological polar surface area (TPSA) is 77.4 Å². The summed E-state index contributed by atoms with van der Waals surface area (Å²) >= 11 is 3.36. The maximum atomic E-state index is 12.4. The lowest BCUT2D eigenvalue weighted by molar-refractivity contribution is 0.0590. The van der Waals surface area contributed by atoms with Crippen molar-refractivity contribution >= 4 is 37.6 Å². The fraction of sp³-hybridized carbons (Fsp3) is 0.214. The maximum Gasteiger partial charge on any atom is 0.354 e. The quantitative estimate of drug-likeness (QED) is 0.819. The molecule has 0 saturated heterocycles. The van der Waals surface area contributed by atoms with Crippen molar-refractivity contribution in [3.8, 4) is 0 Å². The van der Waals surface area contributed by atoms with Gasteiger partial charge in [0.25, 0.3) is 10.0 Å². The van der Waals surface area contributed by atoms with Crippen molar-refractivity contribution < 1.29 is 17.9 Å². The molecule has 22 heavy (non-hydrogen) atoms. The lowest BCUT2D eigenvalue weighted by Crippen LogP contribution is -2.12. The molecule has 0 spiro atoms. The number of carbonyl (C=O) groups is 1. The maximum absolute atomic E-state index is 12.4. The number of aromatic nitrogens is 1. The van der Waals surface area contributed by atoms with Crippen molar-refractivity contribution in [2.45, 2.75) is 11.8 Å². The number of anilines is 1. The highest BCUT2D eigenvalue weighted by molar-refractivity contribution is 9.10. The van der Waals surface area contributed by atoms with E-state index < -0.39 is 16.0 Å². The van der Waals surface area contributed by atoms with Crippen LogP contribution >= 0.6 is 15.9 Å². The van der Waals surface area contributed by atoms with E-state index in [4.69, 9.17) is 0 Å². The van der Waals surface area contributed by atoms with Crippen LogP contribution in [0.3, 0.4) is 0 Å². The first kappa shape index (κ1) is 16.6. The molecule has 8 heteroatoms. The number of nitrogens with one attached hydrogen (secondary N) is 1. The molecule has 0 bridgehead atoms. The van der Waals surface area contributed by atoms with E-state index in [1.54, 1.807) is 25.2 Å². The second-order valence-corrected chi connectivity index (χ2v) is 7.27. The van der Waals surface area contributed by atoms with E-state index in [1.165, 1.54) is 23.9 Å². The summed E-state index contributed by atoms with van der Waals surface area (Å²) < 4.78 is 34.2. The molecule has 1 heterocycles. The third-order valence-corrected chi connectivity index (χ3v) is 5.33. The standard InChI is InChI=1S/C14H15BrN2O4S/c1-9-6-10(4-5-12(9)15)16-22(19,20)11-7-13(14(18)21-3)17(2)8-11/h4-8,16H,1-3H3. The van der Waals surface area contributed by atoms with Gasteiger partial charge >= 0.3 is 5.97 Å². The molecule has 1 aromatic carbocycles. The van der Waals surface area contributed by atoms with Crippen molar-refractivity contribution in [1.29, 1.82) is 0 Å². The van der Waals surface area contributed by atoms with Gasteiger partial charge < -0.3 is 9.30 Å². The number of hydrogen-bond donors (Lipinski definition) is 1. The lowest BCUT2D eigenvalue weighted by Gasteiger charge is -2.08. The molecular formula is C14H15BrN2O4S. The van der Waals surface area contributed by atoms with E-state index in [0.717, 1.165) is 10.0 Å². The molecule has 0 amide bonds. The van der Waals surface area contributed by atoms with E-state index in [2.05, 4.69) is 25.4 Å². The van der Waals surface area contributed by atoms with Crippen molar-refractivity contribution in [2.24, 2.45) is 7.05 Å². The van der Waals surface area contributed by atoms with Crippen LogP contribution in [0, 0.1) is 6.92 Å².